The summed E-state index contributed by atoms with van der Waals surface area (Å²) in [7, 11) is 0. The van der Waals surface area contributed by atoms with Gasteiger partial charge in [-0.15, -0.1) is 0 Å². The first-order chi connectivity index (χ1) is 11.4. The lowest BCUT2D eigenvalue weighted by Gasteiger charge is -2.26. The maximum Gasteiger partial charge on any atom is 0.414 e. The molecule has 0 unspecified atom stereocenters. The third kappa shape index (κ3) is 7.86. The molecule has 1 aliphatic rings. The molecular weight excluding hydrogens is 357 g/mol. The van der Waals surface area contributed by atoms with Crippen molar-refractivity contribution in [2.24, 2.45) is 0 Å². The molecule has 1 aromatic rings. The molecule has 0 atom stereocenters. The second kappa shape index (κ2) is 11.1. The van der Waals surface area contributed by atoms with E-state index in [2.05, 4.69) is 4.90 Å². The van der Waals surface area contributed by atoms with Gasteiger partial charge in [0, 0.05) is 6.54 Å². The number of hydrogen-bond donors (Lipinski definition) is 2. The normalized spacial score (nSPS) is 14.4. The van der Waals surface area contributed by atoms with Gasteiger partial charge in [0.15, 0.2) is 5.75 Å². The molecule has 1 heterocycles. The van der Waals surface area contributed by atoms with Crippen LogP contribution in [0.5, 0.6) is 5.75 Å². The zero-order valence-corrected chi connectivity index (χ0v) is 14.7. The van der Waals surface area contributed by atoms with Crippen molar-refractivity contribution < 1.29 is 24.5 Å². The Labute approximate surface area is 150 Å². The van der Waals surface area contributed by atoms with Crippen molar-refractivity contribution >= 4 is 35.1 Å². The van der Waals surface area contributed by atoms with E-state index in [1.807, 2.05) is 6.07 Å². The van der Waals surface area contributed by atoms with Crippen LogP contribution in [0.15, 0.2) is 18.2 Å². The lowest BCUT2D eigenvalue weighted by atomic mass is 10.1. The van der Waals surface area contributed by atoms with E-state index in [0.29, 0.717) is 22.4 Å². The molecule has 1 aliphatic heterocycles. The number of carboxylic acid groups (broad SMARTS) is 2. The molecule has 0 aromatic heterocycles. The van der Waals surface area contributed by atoms with Crippen LogP contribution in [0.25, 0.3) is 0 Å². The highest BCUT2D eigenvalue weighted by Crippen LogP contribution is 2.32. The largest absolute Gasteiger partial charge is 0.490 e. The number of piperidine rings is 1. The molecule has 0 spiro atoms. The molecule has 1 saturated heterocycles. The second-order valence-corrected chi connectivity index (χ2v) is 6.08. The summed E-state index contributed by atoms with van der Waals surface area (Å²) < 4.78 is 5.67. The third-order valence-electron chi connectivity index (χ3n) is 3.42. The molecule has 0 amide bonds. The minimum Gasteiger partial charge on any atom is -0.490 e. The summed E-state index contributed by atoms with van der Waals surface area (Å²) in [5.74, 6) is -3.04. The predicted molar refractivity (Wildman–Crippen MR) is 92.1 cm³/mol. The molecule has 1 aromatic carbocycles. The van der Waals surface area contributed by atoms with Crippen molar-refractivity contribution in [3.8, 4) is 5.75 Å². The fourth-order valence-corrected chi connectivity index (χ4v) is 2.77. The average Bonchev–Trinajstić information content (AvgIpc) is 2.55. The number of carbonyl (C=O) groups is 2. The van der Waals surface area contributed by atoms with Gasteiger partial charge >= 0.3 is 11.9 Å². The van der Waals surface area contributed by atoms with Crippen LogP contribution in [0.1, 0.15) is 25.7 Å². The van der Waals surface area contributed by atoms with Gasteiger partial charge in [0.05, 0.1) is 16.7 Å². The van der Waals surface area contributed by atoms with E-state index in [1.165, 1.54) is 32.4 Å². The number of hydrogen-bond acceptors (Lipinski definition) is 4. The molecule has 2 N–H and O–H groups in total. The van der Waals surface area contributed by atoms with Gasteiger partial charge in [-0.3, -0.25) is 0 Å². The number of aliphatic carboxylic acids is 2. The van der Waals surface area contributed by atoms with Gasteiger partial charge in [-0.05, 0) is 44.5 Å². The highest BCUT2D eigenvalue weighted by Gasteiger charge is 2.10. The van der Waals surface area contributed by atoms with Crippen LogP contribution >= 0.6 is 23.2 Å². The first-order valence-electron chi connectivity index (χ1n) is 7.67. The van der Waals surface area contributed by atoms with Crippen molar-refractivity contribution in [3.05, 3.63) is 28.2 Å². The molecule has 0 bridgehead atoms. The average molecular weight is 378 g/mol. The monoisotopic (exact) mass is 377 g/mol. The lowest BCUT2D eigenvalue weighted by Crippen LogP contribution is -2.31. The minimum absolute atomic E-state index is 0.584. The van der Waals surface area contributed by atoms with Crippen molar-refractivity contribution in [1.29, 1.82) is 0 Å². The predicted octanol–water partition coefficient (Wildman–Crippen LogP) is 3.40. The summed E-state index contributed by atoms with van der Waals surface area (Å²) in [5.41, 5.74) is 0. The second-order valence-electron chi connectivity index (χ2n) is 5.27. The van der Waals surface area contributed by atoms with Gasteiger partial charge in [-0.2, -0.15) is 0 Å². The number of benzene rings is 1. The van der Waals surface area contributed by atoms with Crippen LogP contribution in [0.3, 0.4) is 0 Å². The Morgan fingerprint density at radius 3 is 2.08 bits per heavy atom. The summed E-state index contributed by atoms with van der Waals surface area (Å²) >= 11 is 12.1. The van der Waals surface area contributed by atoms with Gasteiger partial charge in [0.1, 0.15) is 0 Å². The van der Waals surface area contributed by atoms with Crippen molar-refractivity contribution in [2.75, 3.05) is 26.2 Å². The van der Waals surface area contributed by atoms with Gasteiger partial charge in [-0.25, -0.2) is 9.59 Å². The van der Waals surface area contributed by atoms with Gasteiger partial charge in [0.2, 0.25) is 0 Å². The van der Waals surface area contributed by atoms with E-state index >= 15 is 0 Å². The molecule has 0 aliphatic carbocycles. The SMILES string of the molecule is Clc1cccc(Cl)c1OCCCN1CCCCC1.O=C(O)C(=O)O. The number of halogens is 2. The Balaban J connectivity index is 0.000000413. The number of para-hydroxylation sites is 1. The summed E-state index contributed by atoms with van der Waals surface area (Å²) in [6.07, 6.45) is 5.05. The number of rotatable bonds is 5. The zero-order valence-electron chi connectivity index (χ0n) is 13.2. The number of likely N-dealkylation sites (tertiary alicyclic amines) is 1. The summed E-state index contributed by atoms with van der Waals surface area (Å²) in [6.45, 7) is 4.22. The van der Waals surface area contributed by atoms with Gasteiger partial charge in [-0.1, -0.05) is 35.7 Å². The highest BCUT2D eigenvalue weighted by atomic mass is 35.5. The van der Waals surface area contributed by atoms with Gasteiger partial charge < -0.3 is 19.8 Å². The molecule has 0 radical (unpaired) electrons. The van der Waals surface area contributed by atoms with E-state index in [4.69, 9.17) is 47.7 Å². The summed E-state index contributed by atoms with van der Waals surface area (Å²) in [6, 6.07) is 5.42. The Kier molecular flexibility index (Phi) is 9.52. The zero-order chi connectivity index (χ0) is 17.9. The fraction of sp³-hybridized carbons (Fsp3) is 0.500. The molecule has 6 nitrogen and oxygen atoms in total. The third-order valence-corrected chi connectivity index (χ3v) is 4.01. The molecule has 24 heavy (non-hydrogen) atoms. The van der Waals surface area contributed by atoms with Crippen molar-refractivity contribution in [2.45, 2.75) is 25.7 Å². The number of carboxylic acids is 2. The summed E-state index contributed by atoms with van der Waals surface area (Å²) in [4.78, 5) is 20.7. The maximum atomic E-state index is 9.10. The Hall–Kier alpha value is -1.50. The number of ether oxygens (including phenoxy) is 1. The van der Waals surface area contributed by atoms with Crippen LogP contribution in [0, 0.1) is 0 Å². The van der Waals surface area contributed by atoms with Crippen LogP contribution in [0.4, 0.5) is 0 Å². The van der Waals surface area contributed by atoms with Crippen LogP contribution in [-0.2, 0) is 9.59 Å². The molecular formula is C16H21Cl2NO5. The van der Waals surface area contributed by atoms with Gasteiger partial charge in [0.25, 0.3) is 0 Å². The van der Waals surface area contributed by atoms with E-state index in [9.17, 15) is 0 Å². The van der Waals surface area contributed by atoms with Crippen molar-refractivity contribution in [1.82, 2.24) is 4.90 Å². The van der Waals surface area contributed by atoms with Crippen molar-refractivity contribution in [3.63, 3.8) is 0 Å². The van der Waals surface area contributed by atoms with Crippen LogP contribution in [-0.4, -0.2) is 53.3 Å². The molecule has 0 saturated carbocycles. The quantitative estimate of drug-likeness (QED) is 0.603. The molecule has 134 valence electrons. The number of nitrogens with zero attached hydrogens (tertiary/aromatic N) is 1. The fourth-order valence-electron chi connectivity index (χ4n) is 2.27. The topological polar surface area (TPSA) is 87.1 Å². The Morgan fingerprint density at radius 1 is 1.04 bits per heavy atom. The van der Waals surface area contributed by atoms with E-state index in [0.717, 1.165) is 13.0 Å². The summed E-state index contributed by atoms with van der Waals surface area (Å²) in [5, 5.41) is 15.9. The van der Waals surface area contributed by atoms with Crippen LogP contribution in [0.2, 0.25) is 10.0 Å². The Morgan fingerprint density at radius 2 is 1.58 bits per heavy atom. The minimum atomic E-state index is -1.82. The maximum absolute atomic E-state index is 9.10. The van der Waals surface area contributed by atoms with Crippen LogP contribution < -0.4 is 4.74 Å². The first kappa shape index (κ1) is 20.5. The first-order valence-corrected chi connectivity index (χ1v) is 8.42. The lowest BCUT2D eigenvalue weighted by molar-refractivity contribution is -0.159. The van der Waals surface area contributed by atoms with E-state index in [-0.39, 0.29) is 0 Å². The van der Waals surface area contributed by atoms with E-state index < -0.39 is 11.9 Å². The highest BCUT2D eigenvalue weighted by molar-refractivity contribution is 6.37. The molecule has 1 fully saturated rings. The Bertz CT molecular complexity index is 515. The standard InChI is InChI=1S/C14H19Cl2NO.C2H2O4/c15-12-6-4-7-13(16)14(12)18-11-5-10-17-8-2-1-3-9-17;3-1(4)2(5)6/h4,6-7H,1-3,5,8-11H2;(H,3,4)(H,5,6). The molecule has 8 heteroatoms. The smallest absolute Gasteiger partial charge is 0.414 e. The van der Waals surface area contributed by atoms with E-state index in [1.54, 1.807) is 12.1 Å². The molecule has 2 rings (SSSR count).